The van der Waals surface area contributed by atoms with Crippen LogP contribution in [0, 0.1) is 11.3 Å². The maximum Gasteiger partial charge on any atom is 0.00927 e. The van der Waals surface area contributed by atoms with Crippen LogP contribution in [0.4, 0.5) is 0 Å². The van der Waals surface area contributed by atoms with Crippen molar-refractivity contribution >= 4 is 0 Å². The van der Waals surface area contributed by atoms with Crippen LogP contribution in [0.25, 0.3) is 0 Å². The minimum absolute atomic E-state index is 0.308. The number of nitrogens with two attached hydrogens (primary N) is 1. The summed E-state index contributed by atoms with van der Waals surface area (Å²) in [5, 5.41) is 0. The Kier molecular flexibility index (Phi) is 5.62. The molecule has 0 aliphatic rings. The Morgan fingerprint density at radius 2 is 1.77 bits per heavy atom. The zero-order chi connectivity index (χ0) is 10.5. The summed E-state index contributed by atoms with van der Waals surface area (Å²) in [5.41, 5.74) is 6.50. The lowest BCUT2D eigenvalue weighted by molar-refractivity contribution is 0.236. The Morgan fingerprint density at radius 1 is 1.23 bits per heavy atom. The lowest BCUT2D eigenvalue weighted by atomic mass is 9.78. The average molecular weight is 185 g/mol. The van der Waals surface area contributed by atoms with Gasteiger partial charge < -0.3 is 5.73 Å². The summed E-state index contributed by atoms with van der Waals surface area (Å²) in [7, 11) is 0. The second kappa shape index (κ2) is 5.64. The molecule has 1 heteroatoms. The Hall–Kier alpha value is -0.0400. The third-order valence-corrected chi connectivity index (χ3v) is 3.35. The molecule has 0 aliphatic carbocycles. The van der Waals surface area contributed by atoms with Gasteiger partial charge in [0.2, 0.25) is 0 Å². The first kappa shape index (κ1) is 13.0. The van der Waals surface area contributed by atoms with E-state index in [1.807, 2.05) is 0 Å². The summed E-state index contributed by atoms with van der Waals surface area (Å²) in [5.74, 6) is 0.783. The quantitative estimate of drug-likeness (QED) is 0.672. The van der Waals surface area contributed by atoms with Crippen molar-refractivity contribution in [3.63, 3.8) is 0 Å². The molecule has 13 heavy (non-hydrogen) atoms. The van der Waals surface area contributed by atoms with Crippen LogP contribution in [-0.2, 0) is 0 Å². The van der Waals surface area contributed by atoms with Crippen molar-refractivity contribution in [1.82, 2.24) is 0 Å². The summed E-state index contributed by atoms with van der Waals surface area (Å²) in [6.07, 6.45) is 4.94. The van der Waals surface area contributed by atoms with Gasteiger partial charge in [0.1, 0.15) is 0 Å². The van der Waals surface area contributed by atoms with Gasteiger partial charge in [-0.15, -0.1) is 0 Å². The van der Waals surface area contributed by atoms with E-state index in [0.29, 0.717) is 11.5 Å². The normalized spacial score (nSPS) is 17.1. The Labute approximate surface area is 84.1 Å². The molecule has 0 saturated heterocycles. The highest BCUT2D eigenvalue weighted by atomic mass is 14.7. The van der Waals surface area contributed by atoms with Gasteiger partial charge in [-0.25, -0.2) is 0 Å². The topological polar surface area (TPSA) is 26.0 Å². The first-order valence-electron chi connectivity index (χ1n) is 5.69. The van der Waals surface area contributed by atoms with E-state index in [4.69, 9.17) is 5.73 Å². The van der Waals surface area contributed by atoms with Gasteiger partial charge >= 0.3 is 0 Å². The van der Waals surface area contributed by atoms with Crippen molar-refractivity contribution in [3.8, 4) is 0 Å². The van der Waals surface area contributed by atoms with E-state index in [1.165, 1.54) is 25.7 Å². The van der Waals surface area contributed by atoms with Crippen molar-refractivity contribution in [2.24, 2.45) is 17.1 Å². The molecule has 0 heterocycles. The van der Waals surface area contributed by atoms with Gasteiger partial charge in [-0.2, -0.15) is 0 Å². The van der Waals surface area contributed by atoms with Gasteiger partial charge in [0.05, 0.1) is 0 Å². The molecule has 0 aromatic rings. The average Bonchev–Trinajstić information content (AvgIpc) is 2.04. The minimum atomic E-state index is 0.308. The highest BCUT2D eigenvalue weighted by molar-refractivity contribution is 4.81. The molecule has 2 N–H and O–H groups in total. The van der Waals surface area contributed by atoms with E-state index in [0.717, 1.165) is 5.92 Å². The molecule has 0 fully saturated rings. The van der Waals surface area contributed by atoms with E-state index in [-0.39, 0.29) is 0 Å². The molecular formula is C12H27N. The second-order valence-corrected chi connectivity index (χ2v) is 5.08. The summed E-state index contributed by atoms with van der Waals surface area (Å²) in [4.78, 5) is 0. The van der Waals surface area contributed by atoms with Crippen LogP contribution in [0.3, 0.4) is 0 Å². The van der Waals surface area contributed by atoms with Crippen LogP contribution in [0.5, 0.6) is 0 Å². The Balaban J connectivity index is 3.91. The monoisotopic (exact) mass is 185 g/mol. The third-order valence-electron chi connectivity index (χ3n) is 3.35. The number of rotatable bonds is 6. The smallest absolute Gasteiger partial charge is 0.00927 e. The van der Waals surface area contributed by atoms with Crippen LogP contribution in [-0.4, -0.2) is 6.04 Å². The van der Waals surface area contributed by atoms with E-state index in [9.17, 15) is 0 Å². The summed E-state index contributed by atoms with van der Waals surface area (Å²) in [6, 6.07) is 0.360. The molecule has 2 unspecified atom stereocenters. The largest absolute Gasteiger partial charge is 0.327 e. The zero-order valence-corrected chi connectivity index (χ0v) is 10.1. The molecule has 0 saturated carbocycles. The lowest BCUT2D eigenvalue weighted by Gasteiger charge is -2.32. The molecule has 0 aromatic carbocycles. The maximum absolute atomic E-state index is 6.19. The van der Waals surface area contributed by atoms with Gasteiger partial charge in [-0.05, 0) is 24.2 Å². The van der Waals surface area contributed by atoms with Crippen molar-refractivity contribution in [2.45, 2.75) is 66.3 Å². The molecule has 2 atom stereocenters. The van der Waals surface area contributed by atoms with Gasteiger partial charge in [0, 0.05) is 6.04 Å². The van der Waals surface area contributed by atoms with Crippen molar-refractivity contribution in [1.29, 1.82) is 0 Å². The molecule has 0 spiro atoms. The van der Waals surface area contributed by atoms with Crippen LogP contribution in [0.15, 0.2) is 0 Å². The predicted molar refractivity (Wildman–Crippen MR) is 60.7 cm³/mol. The minimum Gasteiger partial charge on any atom is -0.327 e. The van der Waals surface area contributed by atoms with Crippen molar-refractivity contribution < 1.29 is 0 Å². The predicted octanol–water partition coefficient (Wildman–Crippen LogP) is 3.58. The molecule has 0 rings (SSSR count). The standard InChI is InChI=1S/C12H27N/c1-6-8-10(3)9-11(13)12(4,5)7-2/h10-11H,6-9,13H2,1-5H3. The van der Waals surface area contributed by atoms with E-state index in [2.05, 4.69) is 34.6 Å². The first-order valence-corrected chi connectivity index (χ1v) is 5.69. The van der Waals surface area contributed by atoms with Gasteiger partial charge in [0.25, 0.3) is 0 Å². The fourth-order valence-electron chi connectivity index (χ4n) is 1.63. The molecule has 80 valence electrons. The Morgan fingerprint density at radius 3 is 2.15 bits per heavy atom. The van der Waals surface area contributed by atoms with E-state index < -0.39 is 0 Å². The van der Waals surface area contributed by atoms with Crippen LogP contribution in [0.2, 0.25) is 0 Å². The molecule has 0 bridgehead atoms. The SMILES string of the molecule is CCCC(C)CC(N)C(C)(C)CC. The van der Waals surface area contributed by atoms with Gasteiger partial charge in [-0.3, -0.25) is 0 Å². The van der Waals surface area contributed by atoms with Crippen LogP contribution < -0.4 is 5.73 Å². The highest BCUT2D eigenvalue weighted by Crippen LogP contribution is 2.28. The number of hydrogen-bond acceptors (Lipinski definition) is 1. The molecular weight excluding hydrogens is 158 g/mol. The zero-order valence-electron chi connectivity index (χ0n) is 10.1. The summed E-state index contributed by atoms with van der Waals surface area (Å²) in [6.45, 7) is 11.3. The Bertz CT molecular complexity index is 129. The second-order valence-electron chi connectivity index (χ2n) is 5.08. The van der Waals surface area contributed by atoms with Crippen molar-refractivity contribution in [2.75, 3.05) is 0 Å². The molecule has 0 aliphatic heterocycles. The van der Waals surface area contributed by atoms with E-state index >= 15 is 0 Å². The van der Waals surface area contributed by atoms with Crippen LogP contribution >= 0.6 is 0 Å². The fraction of sp³-hybridized carbons (Fsp3) is 1.00. The molecule has 1 nitrogen and oxygen atoms in total. The summed E-state index contributed by atoms with van der Waals surface area (Å²) < 4.78 is 0. The number of hydrogen-bond donors (Lipinski definition) is 1. The van der Waals surface area contributed by atoms with Gasteiger partial charge in [-0.1, -0.05) is 47.5 Å². The molecule has 0 aromatic heterocycles. The molecule has 0 radical (unpaired) electrons. The summed E-state index contributed by atoms with van der Waals surface area (Å²) >= 11 is 0. The highest BCUT2D eigenvalue weighted by Gasteiger charge is 2.25. The molecule has 0 amide bonds. The maximum atomic E-state index is 6.19. The fourth-order valence-corrected chi connectivity index (χ4v) is 1.63. The third kappa shape index (κ3) is 4.66. The van der Waals surface area contributed by atoms with Crippen LogP contribution in [0.1, 0.15) is 60.3 Å². The van der Waals surface area contributed by atoms with Crippen molar-refractivity contribution in [3.05, 3.63) is 0 Å². The van der Waals surface area contributed by atoms with E-state index in [1.54, 1.807) is 0 Å². The van der Waals surface area contributed by atoms with Gasteiger partial charge in [0.15, 0.2) is 0 Å². The first-order chi connectivity index (χ1) is 5.94. The lowest BCUT2D eigenvalue weighted by Crippen LogP contribution is -2.38.